The van der Waals surface area contributed by atoms with Crippen molar-refractivity contribution in [2.75, 3.05) is 6.61 Å². The van der Waals surface area contributed by atoms with Crippen molar-refractivity contribution in [2.24, 2.45) is 5.14 Å². The summed E-state index contributed by atoms with van der Waals surface area (Å²) in [7, 11) is -3.72. The van der Waals surface area contributed by atoms with Gasteiger partial charge in [0.05, 0.1) is 18.8 Å². The number of nitrogens with zero attached hydrogens (tertiary/aromatic N) is 2. The van der Waals surface area contributed by atoms with Gasteiger partial charge in [-0.2, -0.15) is 5.10 Å². The number of primary sulfonamides is 1. The van der Waals surface area contributed by atoms with E-state index in [1.54, 1.807) is 10.7 Å². The van der Waals surface area contributed by atoms with Crippen molar-refractivity contribution in [1.29, 1.82) is 0 Å². The van der Waals surface area contributed by atoms with E-state index in [0.29, 0.717) is 13.2 Å². The molecule has 3 rings (SSSR count). The molecule has 0 amide bonds. The van der Waals surface area contributed by atoms with Crippen molar-refractivity contribution >= 4 is 10.0 Å². The SMILES string of the molecule is NS(=O)(=O)c1cc2n(n1)CCOC21CCC1. The van der Waals surface area contributed by atoms with Crippen LogP contribution in [0.15, 0.2) is 11.1 Å². The monoisotopic (exact) mass is 243 g/mol. The largest absolute Gasteiger partial charge is 0.367 e. The second kappa shape index (κ2) is 3.06. The molecule has 0 bridgehead atoms. The standard InChI is InChI=1S/C9H13N3O3S/c10-16(13,14)8-6-7-9(2-1-3-9)15-5-4-12(7)11-8/h6H,1-5H2,(H2,10,13,14). The smallest absolute Gasteiger partial charge is 0.257 e. The highest BCUT2D eigenvalue weighted by Gasteiger charge is 2.45. The van der Waals surface area contributed by atoms with Gasteiger partial charge in [-0.1, -0.05) is 0 Å². The van der Waals surface area contributed by atoms with Gasteiger partial charge in [-0.15, -0.1) is 0 Å². The maximum atomic E-state index is 11.2. The van der Waals surface area contributed by atoms with Crippen LogP contribution in [0.3, 0.4) is 0 Å². The number of aromatic nitrogens is 2. The number of sulfonamides is 1. The maximum Gasteiger partial charge on any atom is 0.257 e. The van der Waals surface area contributed by atoms with Crippen LogP contribution < -0.4 is 5.14 Å². The van der Waals surface area contributed by atoms with Gasteiger partial charge in [0.1, 0.15) is 5.60 Å². The Morgan fingerprint density at radius 2 is 2.25 bits per heavy atom. The summed E-state index contributed by atoms with van der Waals surface area (Å²) in [5, 5.41) is 9.04. The Morgan fingerprint density at radius 1 is 1.50 bits per heavy atom. The summed E-state index contributed by atoms with van der Waals surface area (Å²) >= 11 is 0. The lowest BCUT2D eigenvalue weighted by molar-refractivity contribution is -0.131. The Bertz CT molecular complexity index is 530. The lowest BCUT2D eigenvalue weighted by Crippen LogP contribution is -2.43. The quantitative estimate of drug-likeness (QED) is 0.748. The zero-order valence-electron chi connectivity index (χ0n) is 8.72. The van der Waals surface area contributed by atoms with Gasteiger partial charge in [-0.3, -0.25) is 4.68 Å². The molecule has 1 aliphatic carbocycles. The first-order valence-electron chi connectivity index (χ1n) is 5.26. The normalized spacial score (nSPS) is 22.8. The van der Waals surface area contributed by atoms with Gasteiger partial charge in [0.15, 0.2) is 5.03 Å². The molecule has 0 aromatic carbocycles. The molecule has 0 saturated heterocycles. The molecular formula is C9H13N3O3S. The average molecular weight is 243 g/mol. The topological polar surface area (TPSA) is 87.2 Å². The Balaban J connectivity index is 2.12. The minimum Gasteiger partial charge on any atom is -0.367 e. The lowest BCUT2D eigenvalue weighted by Gasteiger charge is -2.44. The predicted molar refractivity (Wildman–Crippen MR) is 55.1 cm³/mol. The van der Waals surface area contributed by atoms with E-state index in [2.05, 4.69) is 5.10 Å². The Morgan fingerprint density at radius 3 is 2.81 bits per heavy atom. The van der Waals surface area contributed by atoms with Gasteiger partial charge >= 0.3 is 0 Å². The van der Waals surface area contributed by atoms with Crippen LogP contribution in [0.4, 0.5) is 0 Å². The minimum absolute atomic E-state index is 0.0562. The number of rotatable bonds is 1. The number of ether oxygens (including phenoxy) is 1. The third-order valence-electron chi connectivity index (χ3n) is 3.36. The van der Waals surface area contributed by atoms with Crippen molar-refractivity contribution in [3.8, 4) is 0 Å². The summed E-state index contributed by atoms with van der Waals surface area (Å²) in [5.41, 5.74) is 0.558. The van der Waals surface area contributed by atoms with E-state index < -0.39 is 10.0 Å². The fourth-order valence-electron chi connectivity index (χ4n) is 2.37. The molecule has 1 aliphatic heterocycles. The highest BCUT2D eigenvalue weighted by molar-refractivity contribution is 7.89. The molecule has 0 atom stereocenters. The minimum atomic E-state index is -3.72. The van der Waals surface area contributed by atoms with Crippen LogP contribution in [-0.2, 0) is 26.9 Å². The molecule has 16 heavy (non-hydrogen) atoms. The van der Waals surface area contributed by atoms with Crippen molar-refractivity contribution in [2.45, 2.75) is 36.4 Å². The third-order valence-corrected chi connectivity index (χ3v) is 4.14. The van der Waals surface area contributed by atoms with Gasteiger partial charge < -0.3 is 4.74 Å². The van der Waals surface area contributed by atoms with Crippen LogP contribution >= 0.6 is 0 Å². The zero-order valence-corrected chi connectivity index (χ0v) is 9.53. The molecule has 2 aliphatic rings. The first kappa shape index (κ1) is 10.2. The predicted octanol–water partition coefficient (Wildman–Crippen LogP) is -0.0601. The van der Waals surface area contributed by atoms with Crippen LogP contribution in [0, 0.1) is 0 Å². The lowest BCUT2D eigenvalue weighted by atomic mass is 9.77. The van der Waals surface area contributed by atoms with Crippen molar-refractivity contribution in [1.82, 2.24) is 9.78 Å². The molecule has 7 heteroatoms. The van der Waals surface area contributed by atoms with E-state index in [1.807, 2.05) is 0 Å². The van der Waals surface area contributed by atoms with Crippen LogP contribution in [-0.4, -0.2) is 24.8 Å². The average Bonchev–Trinajstić information content (AvgIpc) is 2.57. The van der Waals surface area contributed by atoms with E-state index in [4.69, 9.17) is 9.88 Å². The molecule has 0 radical (unpaired) electrons. The molecule has 1 aromatic heterocycles. The highest BCUT2D eigenvalue weighted by atomic mass is 32.2. The molecule has 1 spiro atoms. The van der Waals surface area contributed by atoms with Crippen LogP contribution in [0.2, 0.25) is 0 Å². The van der Waals surface area contributed by atoms with Gasteiger partial charge in [0.2, 0.25) is 0 Å². The van der Waals surface area contributed by atoms with E-state index >= 15 is 0 Å². The Labute approximate surface area is 93.4 Å². The number of hydrogen-bond donors (Lipinski definition) is 1. The van der Waals surface area contributed by atoms with Gasteiger partial charge in [-0.25, -0.2) is 13.6 Å². The molecule has 0 unspecified atom stereocenters. The van der Waals surface area contributed by atoms with Crippen molar-refractivity contribution in [3.05, 3.63) is 11.8 Å². The maximum absolute atomic E-state index is 11.2. The molecule has 1 saturated carbocycles. The van der Waals surface area contributed by atoms with E-state index in [0.717, 1.165) is 25.0 Å². The highest BCUT2D eigenvalue weighted by Crippen LogP contribution is 2.46. The molecule has 6 nitrogen and oxygen atoms in total. The molecule has 2 heterocycles. The van der Waals surface area contributed by atoms with E-state index in [-0.39, 0.29) is 10.6 Å². The third kappa shape index (κ3) is 1.32. The molecule has 88 valence electrons. The van der Waals surface area contributed by atoms with Gasteiger partial charge in [-0.05, 0) is 19.3 Å². The number of nitrogens with two attached hydrogens (primary N) is 1. The second-order valence-corrected chi connectivity index (χ2v) is 5.84. The summed E-state index contributed by atoms with van der Waals surface area (Å²) in [6.45, 7) is 1.17. The summed E-state index contributed by atoms with van der Waals surface area (Å²) < 4.78 is 29.9. The van der Waals surface area contributed by atoms with Crippen LogP contribution in [0.5, 0.6) is 0 Å². The summed E-state index contributed by atoms with van der Waals surface area (Å²) in [4.78, 5) is 0. The molecule has 1 fully saturated rings. The number of fused-ring (bicyclic) bond motifs is 2. The van der Waals surface area contributed by atoms with Crippen molar-refractivity contribution in [3.63, 3.8) is 0 Å². The van der Waals surface area contributed by atoms with Gasteiger partial charge in [0.25, 0.3) is 10.0 Å². The van der Waals surface area contributed by atoms with Gasteiger partial charge in [0, 0.05) is 6.07 Å². The van der Waals surface area contributed by atoms with Crippen molar-refractivity contribution < 1.29 is 13.2 Å². The Kier molecular flexibility index (Phi) is 1.96. The zero-order chi connectivity index (χ0) is 11.4. The fourth-order valence-corrected chi connectivity index (χ4v) is 2.86. The first-order valence-corrected chi connectivity index (χ1v) is 6.81. The molecule has 1 aromatic rings. The summed E-state index contributed by atoms with van der Waals surface area (Å²) in [5.74, 6) is 0. The molecule has 2 N–H and O–H groups in total. The second-order valence-electron chi connectivity index (χ2n) is 4.33. The summed E-state index contributed by atoms with van der Waals surface area (Å²) in [6.07, 6.45) is 2.97. The van der Waals surface area contributed by atoms with E-state index in [9.17, 15) is 8.42 Å². The molecular weight excluding hydrogens is 230 g/mol. The van der Waals surface area contributed by atoms with E-state index in [1.165, 1.54) is 0 Å². The van der Waals surface area contributed by atoms with Crippen LogP contribution in [0.1, 0.15) is 25.0 Å². The Hall–Kier alpha value is -0.920. The number of hydrogen-bond acceptors (Lipinski definition) is 4. The fraction of sp³-hybridized carbons (Fsp3) is 0.667. The van der Waals surface area contributed by atoms with Crippen LogP contribution in [0.25, 0.3) is 0 Å². The first-order chi connectivity index (χ1) is 7.51. The summed E-state index contributed by atoms with van der Waals surface area (Å²) in [6, 6.07) is 1.55.